The van der Waals surface area contributed by atoms with Crippen LogP contribution in [0.15, 0.2) is 12.3 Å². The Kier molecular flexibility index (Phi) is 1.43. The number of aromatic nitrogens is 4. The highest BCUT2D eigenvalue weighted by Gasteiger charge is 2.02. The lowest BCUT2D eigenvalue weighted by Crippen LogP contribution is -2.05. The predicted molar refractivity (Wildman–Crippen MR) is 45.1 cm³/mol. The fourth-order valence-electron chi connectivity index (χ4n) is 1.10. The van der Waals surface area contributed by atoms with Crippen molar-refractivity contribution in [2.24, 2.45) is 0 Å². The summed E-state index contributed by atoms with van der Waals surface area (Å²) in [4.78, 5) is 8.36. The SMILES string of the molecule is CNc1nc(C)nc2ccnn12. The molecule has 2 aromatic heterocycles. The van der Waals surface area contributed by atoms with Crippen LogP contribution in [-0.4, -0.2) is 26.6 Å². The van der Waals surface area contributed by atoms with E-state index in [-0.39, 0.29) is 0 Å². The molecule has 5 heteroatoms. The number of nitrogens with zero attached hydrogens (tertiary/aromatic N) is 4. The summed E-state index contributed by atoms with van der Waals surface area (Å²) in [5.41, 5.74) is 0.812. The van der Waals surface area contributed by atoms with Crippen LogP contribution in [0.1, 0.15) is 5.82 Å². The predicted octanol–water partition coefficient (Wildman–Crippen LogP) is 0.474. The molecule has 0 aliphatic rings. The van der Waals surface area contributed by atoms with Gasteiger partial charge in [-0.05, 0) is 6.92 Å². The van der Waals surface area contributed by atoms with Crippen molar-refractivity contribution < 1.29 is 0 Å². The third kappa shape index (κ3) is 0.903. The Balaban J connectivity index is 2.80. The molecule has 0 unspecified atom stereocenters. The molecule has 0 fully saturated rings. The first-order valence-electron chi connectivity index (χ1n) is 3.67. The van der Waals surface area contributed by atoms with Crippen LogP contribution >= 0.6 is 0 Å². The molecule has 5 nitrogen and oxygen atoms in total. The highest BCUT2D eigenvalue weighted by Crippen LogP contribution is 2.05. The zero-order chi connectivity index (χ0) is 8.55. The molecule has 0 atom stereocenters. The minimum Gasteiger partial charge on any atom is -0.357 e. The van der Waals surface area contributed by atoms with Crippen molar-refractivity contribution in [3.63, 3.8) is 0 Å². The third-order valence-electron chi connectivity index (χ3n) is 1.59. The van der Waals surface area contributed by atoms with Gasteiger partial charge in [0.1, 0.15) is 5.82 Å². The van der Waals surface area contributed by atoms with E-state index < -0.39 is 0 Å². The summed E-state index contributed by atoms with van der Waals surface area (Å²) < 4.78 is 1.66. The molecule has 0 saturated heterocycles. The smallest absolute Gasteiger partial charge is 0.227 e. The minimum absolute atomic E-state index is 0.711. The van der Waals surface area contributed by atoms with Crippen molar-refractivity contribution in [1.29, 1.82) is 0 Å². The average Bonchev–Trinajstić information content (AvgIpc) is 2.50. The Morgan fingerprint density at radius 3 is 3.00 bits per heavy atom. The molecule has 0 aromatic carbocycles. The van der Waals surface area contributed by atoms with Gasteiger partial charge in [0.05, 0.1) is 6.20 Å². The minimum atomic E-state index is 0.711. The Morgan fingerprint density at radius 1 is 1.42 bits per heavy atom. The van der Waals surface area contributed by atoms with Gasteiger partial charge < -0.3 is 5.32 Å². The van der Waals surface area contributed by atoms with Crippen LogP contribution in [0.5, 0.6) is 0 Å². The summed E-state index contributed by atoms with van der Waals surface area (Å²) in [7, 11) is 1.81. The molecule has 0 bridgehead atoms. The highest BCUT2D eigenvalue weighted by atomic mass is 15.3. The van der Waals surface area contributed by atoms with Crippen LogP contribution in [0.4, 0.5) is 5.95 Å². The van der Waals surface area contributed by atoms with E-state index in [4.69, 9.17) is 0 Å². The molecule has 0 amide bonds. The maximum atomic E-state index is 4.19. The number of anilines is 1. The van der Waals surface area contributed by atoms with Crippen molar-refractivity contribution >= 4 is 11.6 Å². The van der Waals surface area contributed by atoms with Gasteiger partial charge in [0.15, 0.2) is 5.65 Å². The molecule has 12 heavy (non-hydrogen) atoms. The molecule has 0 radical (unpaired) electrons. The lowest BCUT2D eigenvalue weighted by molar-refractivity contribution is 0.877. The highest BCUT2D eigenvalue weighted by molar-refractivity contribution is 5.42. The van der Waals surface area contributed by atoms with E-state index >= 15 is 0 Å². The summed E-state index contributed by atoms with van der Waals surface area (Å²) in [5, 5.41) is 7.01. The standard InChI is InChI=1S/C7H9N5/c1-5-10-6-3-4-9-12(6)7(8-2)11-5/h3-4H,1-2H3,(H,8,10,11). The summed E-state index contributed by atoms with van der Waals surface area (Å²) in [6.45, 7) is 1.86. The second kappa shape index (κ2) is 2.44. The van der Waals surface area contributed by atoms with Crippen molar-refractivity contribution in [2.75, 3.05) is 12.4 Å². The topological polar surface area (TPSA) is 55.1 Å². The van der Waals surface area contributed by atoms with Crippen molar-refractivity contribution in [2.45, 2.75) is 6.92 Å². The second-order valence-corrected chi connectivity index (χ2v) is 2.45. The normalized spacial score (nSPS) is 10.5. The van der Waals surface area contributed by atoms with Crippen LogP contribution < -0.4 is 5.32 Å². The zero-order valence-corrected chi connectivity index (χ0v) is 6.94. The van der Waals surface area contributed by atoms with Crippen molar-refractivity contribution in [3.8, 4) is 0 Å². The largest absolute Gasteiger partial charge is 0.357 e. The van der Waals surface area contributed by atoms with Crippen LogP contribution in [0.3, 0.4) is 0 Å². The third-order valence-corrected chi connectivity index (χ3v) is 1.59. The number of nitrogens with one attached hydrogen (secondary N) is 1. The first-order chi connectivity index (χ1) is 5.81. The lowest BCUT2D eigenvalue weighted by Gasteiger charge is -2.02. The molecule has 0 spiro atoms. The van der Waals surface area contributed by atoms with E-state index in [0.717, 1.165) is 11.5 Å². The summed E-state index contributed by atoms with van der Waals surface area (Å²) >= 11 is 0. The molecular weight excluding hydrogens is 154 g/mol. The molecular formula is C7H9N5. The van der Waals surface area contributed by atoms with Crippen LogP contribution in [0, 0.1) is 6.92 Å². The average molecular weight is 163 g/mol. The maximum Gasteiger partial charge on any atom is 0.227 e. The van der Waals surface area contributed by atoms with Gasteiger partial charge in [0.25, 0.3) is 0 Å². The quantitative estimate of drug-likeness (QED) is 0.664. The Morgan fingerprint density at radius 2 is 2.25 bits per heavy atom. The van der Waals surface area contributed by atoms with Crippen LogP contribution in [0.25, 0.3) is 5.65 Å². The van der Waals surface area contributed by atoms with E-state index in [1.165, 1.54) is 0 Å². The monoisotopic (exact) mass is 163 g/mol. The second-order valence-electron chi connectivity index (χ2n) is 2.45. The number of hydrogen-bond acceptors (Lipinski definition) is 4. The van der Waals surface area contributed by atoms with Gasteiger partial charge in [-0.3, -0.25) is 0 Å². The van der Waals surface area contributed by atoms with Gasteiger partial charge in [0, 0.05) is 13.1 Å². The number of aryl methyl sites for hydroxylation is 1. The molecule has 0 aliphatic carbocycles. The Bertz CT molecular complexity index is 405. The Labute approximate surface area is 69.5 Å². The lowest BCUT2D eigenvalue weighted by atomic mass is 10.6. The van der Waals surface area contributed by atoms with E-state index in [0.29, 0.717) is 5.95 Å². The summed E-state index contributed by atoms with van der Waals surface area (Å²) in [5.74, 6) is 1.45. The van der Waals surface area contributed by atoms with E-state index in [9.17, 15) is 0 Å². The van der Waals surface area contributed by atoms with E-state index in [1.807, 2.05) is 20.0 Å². The fourth-order valence-corrected chi connectivity index (χ4v) is 1.10. The molecule has 2 rings (SSSR count). The number of hydrogen-bond donors (Lipinski definition) is 1. The molecule has 0 aliphatic heterocycles. The number of fused-ring (bicyclic) bond motifs is 1. The molecule has 2 aromatic rings. The van der Waals surface area contributed by atoms with Gasteiger partial charge in [-0.25, -0.2) is 4.98 Å². The molecule has 2 heterocycles. The Hall–Kier alpha value is -1.65. The number of rotatable bonds is 1. The first kappa shape index (κ1) is 7.02. The van der Waals surface area contributed by atoms with Gasteiger partial charge in [-0.15, -0.1) is 0 Å². The van der Waals surface area contributed by atoms with Crippen molar-refractivity contribution in [3.05, 3.63) is 18.1 Å². The van der Waals surface area contributed by atoms with Gasteiger partial charge in [0.2, 0.25) is 5.95 Å². The maximum absolute atomic E-state index is 4.19. The molecule has 1 N–H and O–H groups in total. The summed E-state index contributed by atoms with van der Waals surface area (Å²) in [6.07, 6.45) is 1.70. The van der Waals surface area contributed by atoms with Gasteiger partial charge >= 0.3 is 0 Å². The first-order valence-corrected chi connectivity index (χ1v) is 3.67. The zero-order valence-electron chi connectivity index (χ0n) is 6.94. The summed E-state index contributed by atoms with van der Waals surface area (Å²) in [6, 6.07) is 1.84. The molecule has 62 valence electrons. The van der Waals surface area contributed by atoms with Crippen LogP contribution in [0.2, 0.25) is 0 Å². The van der Waals surface area contributed by atoms with Crippen LogP contribution in [-0.2, 0) is 0 Å². The van der Waals surface area contributed by atoms with E-state index in [1.54, 1.807) is 10.7 Å². The molecule has 0 saturated carbocycles. The van der Waals surface area contributed by atoms with Crippen molar-refractivity contribution in [1.82, 2.24) is 19.6 Å². The van der Waals surface area contributed by atoms with Gasteiger partial charge in [-0.1, -0.05) is 0 Å². The fraction of sp³-hybridized carbons (Fsp3) is 0.286. The van der Waals surface area contributed by atoms with Gasteiger partial charge in [-0.2, -0.15) is 14.6 Å². The van der Waals surface area contributed by atoms with E-state index in [2.05, 4.69) is 20.4 Å².